The number of carboxylic acids is 1. The predicted molar refractivity (Wildman–Crippen MR) is 141 cm³/mol. The Morgan fingerprint density at radius 1 is 1.24 bits per heavy atom. The third kappa shape index (κ3) is 5.06. The topological polar surface area (TPSA) is 119 Å². The molecule has 5 rings (SSSR count). The minimum absolute atomic E-state index is 0.0535. The number of hydrogen-bond acceptors (Lipinski definition) is 7. The van der Waals surface area contributed by atoms with Gasteiger partial charge >= 0.3 is 11.7 Å². The molecule has 1 N–H and O–H groups in total. The lowest BCUT2D eigenvalue weighted by molar-refractivity contribution is -0.140. The van der Waals surface area contributed by atoms with E-state index in [0.29, 0.717) is 28.5 Å². The number of aryl methyl sites for hydroxylation is 1. The highest BCUT2D eigenvalue weighted by Gasteiger charge is 2.39. The number of rotatable bonds is 9. The van der Waals surface area contributed by atoms with E-state index in [4.69, 9.17) is 9.40 Å². The molecule has 0 radical (unpaired) electrons. The third-order valence-electron chi connectivity index (χ3n) is 6.51. The number of thiazole rings is 1. The molecule has 0 spiro atoms. The van der Waals surface area contributed by atoms with Crippen LogP contribution in [0.5, 0.6) is 0 Å². The SMILES string of the molecule is CC(C)CC(CC(=O)O)C(=O)N(c1nc(-c2ccccc2-c2cnc3c(c2)oc(=O)n3C)cs1)C1CC1. The summed E-state index contributed by atoms with van der Waals surface area (Å²) in [5.74, 6) is -1.99. The van der Waals surface area contributed by atoms with Gasteiger partial charge < -0.3 is 9.52 Å². The number of pyridine rings is 1. The van der Waals surface area contributed by atoms with Gasteiger partial charge in [0.05, 0.1) is 12.1 Å². The van der Waals surface area contributed by atoms with Crippen molar-refractivity contribution in [3.63, 3.8) is 0 Å². The van der Waals surface area contributed by atoms with E-state index in [1.54, 1.807) is 24.2 Å². The molecule has 0 aliphatic heterocycles. The van der Waals surface area contributed by atoms with Gasteiger partial charge in [-0.2, -0.15) is 0 Å². The van der Waals surface area contributed by atoms with Crippen molar-refractivity contribution in [1.82, 2.24) is 14.5 Å². The molecule has 3 aromatic heterocycles. The number of aromatic nitrogens is 3. The maximum Gasteiger partial charge on any atom is 0.420 e. The lowest BCUT2D eigenvalue weighted by Crippen LogP contribution is -2.39. The monoisotopic (exact) mass is 520 g/mol. The van der Waals surface area contributed by atoms with Gasteiger partial charge in [-0.05, 0) is 36.8 Å². The van der Waals surface area contributed by atoms with Crippen molar-refractivity contribution in [2.24, 2.45) is 18.9 Å². The quantitative estimate of drug-likeness (QED) is 0.332. The second-order valence-corrected chi connectivity index (χ2v) is 10.7. The first-order valence-corrected chi connectivity index (χ1v) is 13.2. The molecule has 1 saturated carbocycles. The van der Waals surface area contributed by atoms with Crippen LogP contribution in [0.4, 0.5) is 5.13 Å². The zero-order chi connectivity index (χ0) is 26.3. The Bertz CT molecular complexity index is 1530. The van der Waals surface area contributed by atoms with Crippen LogP contribution in [-0.4, -0.2) is 37.6 Å². The minimum Gasteiger partial charge on any atom is -0.481 e. The summed E-state index contributed by atoms with van der Waals surface area (Å²) in [6, 6.07) is 9.58. The van der Waals surface area contributed by atoms with Crippen LogP contribution in [0.2, 0.25) is 0 Å². The smallest absolute Gasteiger partial charge is 0.420 e. The van der Waals surface area contributed by atoms with Crippen molar-refractivity contribution in [1.29, 1.82) is 0 Å². The number of aliphatic carboxylic acids is 1. The van der Waals surface area contributed by atoms with Crippen molar-refractivity contribution < 1.29 is 19.1 Å². The molecule has 1 atom stereocenters. The average Bonchev–Trinajstić information content (AvgIpc) is 3.50. The fourth-order valence-electron chi connectivity index (χ4n) is 4.63. The molecule has 9 nitrogen and oxygen atoms in total. The number of carbonyl (C=O) groups excluding carboxylic acids is 1. The van der Waals surface area contributed by atoms with Gasteiger partial charge in [0.25, 0.3) is 0 Å². The number of hydrogen-bond donors (Lipinski definition) is 1. The van der Waals surface area contributed by atoms with Gasteiger partial charge in [0.2, 0.25) is 5.91 Å². The predicted octanol–water partition coefficient (Wildman–Crippen LogP) is 4.95. The maximum atomic E-state index is 13.6. The highest BCUT2D eigenvalue weighted by molar-refractivity contribution is 7.14. The summed E-state index contributed by atoms with van der Waals surface area (Å²) in [5, 5.41) is 11.9. The molecule has 1 aromatic carbocycles. The number of fused-ring (bicyclic) bond motifs is 1. The lowest BCUT2D eigenvalue weighted by Gasteiger charge is -2.25. The first-order valence-electron chi connectivity index (χ1n) is 12.3. The summed E-state index contributed by atoms with van der Waals surface area (Å²) >= 11 is 1.38. The van der Waals surface area contributed by atoms with E-state index in [1.807, 2.05) is 43.5 Å². The molecule has 1 fully saturated rings. The van der Waals surface area contributed by atoms with Crippen LogP contribution in [0.3, 0.4) is 0 Å². The number of oxazole rings is 1. The van der Waals surface area contributed by atoms with Crippen molar-refractivity contribution in [2.75, 3.05) is 4.90 Å². The molecule has 1 aliphatic rings. The molecule has 1 aliphatic carbocycles. The summed E-state index contributed by atoms with van der Waals surface area (Å²) in [5.41, 5.74) is 4.09. The average molecular weight is 521 g/mol. The van der Waals surface area contributed by atoms with Gasteiger partial charge in [0.15, 0.2) is 16.4 Å². The normalized spacial score (nSPS) is 14.3. The van der Waals surface area contributed by atoms with E-state index < -0.39 is 17.6 Å². The molecule has 0 saturated heterocycles. The number of carbonyl (C=O) groups is 2. The molecule has 37 heavy (non-hydrogen) atoms. The fourth-order valence-corrected chi connectivity index (χ4v) is 5.53. The molecule has 1 unspecified atom stereocenters. The van der Waals surface area contributed by atoms with Gasteiger partial charge in [-0.15, -0.1) is 11.3 Å². The Kier molecular flexibility index (Phi) is 6.68. The molecule has 3 heterocycles. The van der Waals surface area contributed by atoms with Crippen molar-refractivity contribution in [3.05, 3.63) is 52.5 Å². The van der Waals surface area contributed by atoms with E-state index in [9.17, 15) is 19.5 Å². The van der Waals surface area contributed by atoms with E-state index >= 15 is 0 Å². The highest BCUT2D eigenvalue weighted by Crippen LogP contribution is 2.39. The third-order valence-corrected chi connectivity index (χ3v) is 7.35. The molecule has 192 valence electrons. The second kappa shape index (κ2) is 9.93. The Hall–Kier alpha value is -3.79. The van der Waals surface area contributed by atoms with Gasteiger partial charge in [-0.25, -0.2) is 14.8 Å². The summed E-state index contributed by atoms with van der Waals surface area (Å²) in [6.45, 7) is 3.99. The summed E-state index contributed by atoms with van der Waals surface area (Å²) in [6.07, 6.45) is 3.79. The van der Waals surface area contributed by atoms with Gasteiger partial charge in [-0.3, -0.25) is 19.1 Å². The highest BCUT2D eigenvalue weighted by atomic mass is 32.1. The van der Waals surface area contributed by atoms with E-state index in [1.165, 1.54) is 15.9 Å². The standard InChI is InChI=1S/C27H28N4O5S/c1-15(2)10-16(12-23(32)33)25(34)31(18-8-9-18)26-29-21(14-37-26)20-7-5-4-6-19(20)17-11-22-24(28-13-17)30(3)27(35)36-22/h4-7,11,13-16,18H,8-10,12H2,1-3H3,(H,32,33). The van der Waals surface area contributed by atoms with Crippen LogP contribution in [-0.2, 0) is 16.6 Å². The van der Waals surface area contributed by atoms with Crippen molar-refractivity contribution in [3.8, 4) is 22.4 Å². The van der Waals surface area contributed by atoms with Gasteiger partial charge in [0.1, 0.15) is 0 Å². The van der Waals surface area contributed by atoms with Crippen LogP contribution in [0.25, 0.3) is 33.6 Å². The number of benzene rings is 1. The number of amides is 1. The molecule has 10 heteroatoms. The lowest BCUT2D eigenvalue weighted by atomic mass is 9.93. The van der Waals surface area contributed by atoms with E-state index in [0.717, 1.165) is 29.5 Å². The molecule has 1 amide bonds. The summed E-state index contributed by atoms with van der Waals surface area (Å²) < 4.78 is 6.68. The largest absolute Gasteiger partial charge is 0.481 e. The second-order valence-electron chi connectivity index (χ2n) is 9.90. The van der Waals surface area contributed by atoms with Crippen LogP contribution >= 0.6 is 11.3 Å². The number of carboxylic acid groups (broad SMARTS) is 1. The van der Waals surface area contributed by atoms with Crippen LogP contribution in [0, 0.1) is 11.8 Å². The van der Waals surface area contributed by atoms with Crippen LogP contribution < -0.4 is 10.7 Å². The summed E-state index contributed by atoms with van der Waals surface area (Å²) in [7, 11) is 1.61. The molecule has 0 bridgehead atoms. The minimum atomic E-state index is -0.969. The molecule has 4 aromatic rings. The zero-order valence-corrected chi connectivity index (χ0v) is 21.7. The Morgan fingerprint density at radius 3 is 2.65 bits per heavy atom. The fraction of sp³-hybridized carbons (Fsp3) is 0.370. The van der Waals surface area contributed by atoms with E-state index in [-0.39, 0.29) is 24.3 Å². The molecular weight excluding hydrogens is 492 g/mol. The Balaban J connectivity index is 1.50. The Labute approximate surface area is 217 Å². The summed E-state index contributed by atoms with van der Waals surface area (Å²) in [4.78, 5) is 47.9. The molecular formula is C27H28N4O5S. The van der Waals surface area contributed by atoms with Crippen molar-refractivity contribution in [2.45, 2.75) is 45.6 Å². The van der Waals surface area contributed by atoms with Gasteiger partial charge in [0, 0.05) is 41.7 Å². The van der Waals surface area contributed by atoms with Crippen LogP contribution in [0.1, 0.15) is 39.5 Å². The first-order chi connectivity index (χ1) is 17.7. The first kappa shape index (κ1) is 24.9. The van der Waals surface area contributed by atoms with Crippen molar-refractivity contribution >= 4 is 39.6 Å². The Morgan fingerprint density at radius 2 is 1.97 bits per heavy atom. The maximum absolute atomic E-state index is 13.6. The number of anilines is 1. The zero-order valence-electron chi connectivity index (χ0n) is 20.9. The van der Waals surface area contributed by atoms with E-state index in [2.05, 4.69) is 4.98 Å². The van der Waals surface area contributed by atoms with Gasteiger partial charge in [-0.1, -0.05) is 38.1 Å². The number of nitrogens with zero attached hydrogens (tertiary/aromatic N) is 4. The van der Waals surface area contributed by atoms with Crippen LogP contribution in [0.15, 0.2) is 51.1 Å².